The van der Waals surface area contributed by atoms with Crippen LogP contribution < -0.4 is 5.32 Å². The molecule has 0 aromatic heterocycles. The van der Waals surface area contributed by atoms with E-state index in [-0.39, 0.29) is 10.9 Å². The molecular formula is C22H19F6N3O2S. The number of piperidine rings is 1. The van der Waals surface area contributed by atoms with Crippen LogP contribution in [0.15, 0.2) is 53.7 Å². The highest BCUT2D eigenvalue weighted by Gasteiger charge is 2.43. The van der Waals surface area contributed by atoms with Crippen molar-refractivity contribution >= 4 is 28.8 Å². The second kappa shape index (κ2) is 9.06. The van der Waals surface area contributed by atoms with Crippen LogP contribution in [0.25, 0.3) is 0 Å². The summed E-state index contributed by atoms with van der Waals surface area (Å²) in [7, 11) is 0. The van der Waals surface area contributed by atoms with E-state index in [4.69, 9.17) is 21.9 Å². The third kappa shape index (κ3) is 5.61. The van der Waals surface area contributed by atoms with Gasteiger partial charge >= 0.3 is 12.4 Å². The lowest BCUT2D eigenvalue weighted by molar-refractivity contribution is -0.143. The Morgan fingerprint density at radius 3 is 2.24 bits per heavy atom. The van der Waals surface area contributed by atoms with E-state index in [2.05, 4.69) is 10.5 Å². The molecule has 12 heteroatoms. The minimum absolute atomic E-state index is 0.0932. The predicted molar refractivity (Wildman–Crippen MR) is 116 cm³/mol. The maximum absolute atomic E-state index is 12.9. The average Bonchev–Trinajstić information content (AvgIpc) is 3.18. The number of anilines is 1. The standard InChI is InChI=1S/C22H19F6N3O2S/c23-21(24,25)15-6-4-14(5-7-15)18-13-20(33-30-18)8-10-31(11-9-20)32-19(34)29-17-3-1-2-16(12-17)22(26,27)28/h1-7,12H,8-11,13H2,(H,29,34). The number of alkyl halides is 6. The van der Waals surface area contributed by atoms with E-state index in [1.807, 2.05) is 0 Å². The Balaban J connectivity index is 1.28. The van der Waals surface area contributed by atoms with Crippen molar-refractivity contribution in [3.8, 4) is 0 Å². The summed E-state index contributed by atoms with van der Waals surface area (Å²) in [6.07, 6.45) is -7.39. The molecular weight excluding hydrogens is 484 g/mol. The van der Waals surface area contributed by atoms with Crippen molar-refractivity contribution in [2.45, 2.75) is 37.2 Å². The SMILES string of the molecule is FC(F)(F)c1ccc(C2=NOC3(CCN(OC(=S)Nc4cccc(C(F)(F)F)c4)CC3)C2)cc1. The quantitative estimate of drug-likeness (QED) is 0.411. The molecule has 1 spiro atoms. The molecule has 2 aliphatic rings. The third-order valence-electron chi connectivity index (χ3n) is 5.67. The smallest absolute Gasteiger partial charge is 0.388 e. The first-order chi connectivity index (χ1) is 15.9. The first kappa shape index (κ1) is 24.3. The maximum atomic E-state index is 12.9. The van der Waals surface area contributed by atoms with Crippen LogP contribution >= 0.6 is 12.2 Å². The molecule has 0 bridgehead atoms. The van der Waals surface area contributed by atoms with Gasteiger partial charge in [-0.05, 0) is 48.1 Å². The summed E-state index contributed by atoms with van der Waals surface area (Å²) < 4.78 is 76.9. The summed E-state index contributed by atoms with van der Waals surface area (Å²) in [5, 5.41) is 8.21. The van der Waals surface area contributed by atoms with Crippen molar-refractivity contribution in [3.63, 3.8) is 0 Å². The van der Waals surface area contributed by atoms with Crippen molar-refractivity contribution in [1.82, 2.24) is 5.06 Å². The molecule has 1 saturated heterocycles. The number of benzene rings is 2. The number of oxime groups is 1. The molecule has 0 saturated carbocycles. The zero-order chi connectivity index (χ0) is 24.6. The highest BCUT2D eigenvalue weighted by atomic mass is 32.1. The first-order valence-electron chi connectivity index (χ1n) is 10.3. The van der Waals surface area contributed by atoms with E-state index < -0.39 is 29.1 Å². The van der Waals surface area contributed by atoms with Crippen LogP contribution in [0.4, 0.5) is 32.0 Å². The van der Waals surface area contributed by atoms with E-state index in [1.54, 1.807) is 5.06 Å². The van der Waals surface area contributed by atoms with Gasteiger partial charge in [-0.3, -0.25) is 0 Å². The highest BCUT2D eigenvalue weighted by molar-refractivity contribution is 7.80. The van der Waals surface area contributed by atoms with Crippen LogP contribution in [0.2, 0.25) is 0 Å². The topological polar surface area (TPSA) is 46.1 Å². The van der Waals surface area contributed by atoms with E-state index in [0.29, 0.717) is 43.6 Å². The summed E-state index contributed by atoms with van der Waals surface area (Å²) >= 11 is 5.11. The highest BCUT2D eigenvalue weighted by Crippen LogP contribution is 2.37. The number of rotatable bonds is 3. The molecule has 2 aliphatic heterocycles. The number of nitrogens with one attached hydrogen (secondary N) is 1. The molecule has 0 radical (unpaired) electrons. The number of hydroxylamine groups is 2. The number of nitrogens with zero attached hydrogens (tertiary/aromatic N) is 2. The Hall–Kier alpha value is -2.86. The summed E-state index contributed by atoms with van der Waals surface area (Å²) in [6.45, 7) is 0.834. The fourth-order valence-electron chi connectivity index (χ4n) is 3.81. The van der Waals surface area contributed by atoms with Crippen LogP contribution in [0.5, 0.6) is 0 Å². The van der Waals surface area contributed by atoms with E-state index in [0.717, 1.165) is 24.3 Å². The van der Waals surface area contributed by atoms with Gasteiger partial charge in [0, 0.05) is 38.0 Å². The minimum atomic E-state index is -4.47. The summed E-state index contributed by atoms with van der Waals surface area (Å²) in [5.74, 6) is 0. The van der Waals surface area contributed by atoms with Crippen LogP contribution in [0, 0.1) is 0 Å². The van der Waals surface area contributed by atoms with Gasteiger partial charge in [0.25, 0.3) is 5.17 Å². The van der Waals surface area contributed by atoms with Crippen LogP contribution in [-0.4, -0.2) is 34.6 Å². The van der Waals surface area contributed by atoms with Gasteiger partial charge in [-0.2, -0.15) is 26.3 Å². The van der Waals surface area contributed by atoms with Gasteiger partial charge in [0.15, 0.2) is 0 Å². The van der Waals surface area contributed by atoms with Crippen LogP contribution in [0.1, 0.15) is 36.0 Å². The molecule has 34 heavy (non-hydrogen) atoms. The second-order valence-corrected chi connectivity index (χ2v) is 8.45. The summed E-state index contributed by atoms with van der Waals surface area (Å²) in [5.41, 5.74) is -0.830. The Bertz CT molecular complexity index is 1080. The molecule has 5 nitrogen and oxygen atoms in total. The second-order valence-electron chi connectivity index (χ2n) is 8.08. The molecule has 2 aromatic carbocycles. The minimum Gasteiger partial charge on any atom is -0.388 e. The van der Waals surface area contributed by atoms with Crippen molar-refractivity contribution in [1.29, 1.82) is 0 Å². The predicted octanol–water partition coefficient (Wildman–Crippen LogP) is 6.01. The number of thiocarbonyl (C=S) groups is 1. The molecule has 4 rings (SSSR count). The molecule has 182 valence electrons. The lowest BCUT2D eigenvalue weighted by atomic mass is 9.86. The van der Waals surface area contributed by atoms with Gasteiger partial charge < -0.3 is 15.0 Å². The molecule has 2 heterocycles. The van der Waals surface area contributed by atoms with Gasteiger partial charge in [0.2, 0.25) is 0 Å². The normalized spacial score (nSPS) is 18.4. The van der Waals surface area contributed by atoms with Gasteiger partial charge in [-0.25, -0.2) is 0 Å². The Kier molecular flexibility index (Phi) is 6.47. The molecule has 1 fully saturated rings. The van der Waals surface area contributed by atoms with Crippen molar-refractivity contribution in [2.24, 2.45) is 5.16 Å². The summed E-state index contributed by atoms with van der Waals surface area (Å²) in [4.78, 5) is 11.2. The molecule has 0 aliphatic carbocycles. The molecule has 0 atom stereocenters. The van der Waals surface area contributed by atoms with E-state index in [9.17, 15) is 26.3 Å². The zero-order valence-electron chi connectivity index (χ0n) is 17.5. The largest absolute Gasteiger partial charge is 0.416 e. The third-order valence-corrected chi connectivity index (χ3v) is 5.84. The van der Waals surface area contributed by atoms with Gasteiger partial charge in [-0.1, -0.05) is 23.4 Å². The number of halogens is 6. The summed E-state index contributed by atoms with van der Waals surface area (Å²) in [6, 6.07) is 9.39. The van der Waals surface area contributed by atoms with Crippen molar-refractivity contribution < 1.29 is 36.0 Å². The van der Waals surface area contributed by atoms with Crippen LogP contribution in [-0.2, 0) is 22.0 Å². The maximum Gasteiger partial charge on any atom is 0.416 e. The fourth-order valence-corrected chi connectivity index (χ4v) is 4.04. The van der Waals surface area contributed by atoms with Gasteiger partial charge in [0.05, 0.1) is 16.8 Å². The Morgan fingerprint density at radius 1 is 0.971 bits per heavy atom. The Morgan fingerprint density at radius 2 is 1.62 bits per heavy atom. The van der Waals surface area contributed by atoms with Gasteiger partial charge in [-0.15, -0.1) is 5.06 Å². The molecule has 0 amide bonds. The van der Waals surface area contributed by atoms with Crippen molar-refractivity contribution in [3.05, 3.63) is 65.2 Å². The Labute approximate surface area is 196 Å². The molecule has 0 unspecified atom stereocenters. The lowest BCUT2D eigenvalue weighted by Crippen LogP contribution is -2.45. The van der Waals surface area contributed by atoms with E-state index >= 15 is 0 Å². The fraction of sp³-hybridized carbons (Fsp3) is 0.364. The number of hydrogen-bond donors (Lipinski definition) is 1. The monoisotopic (exact) mass is 503 g/mol. The van der Waals surface area contributed by atoms with E-state index in [1.165, 1.54) is 24.3 Å². The average molecular weight is 503 g/mol. The van der Waals surface area contributed by atoms with Gasteiger partial charge in [0.1, 0.15) is 5.60 Å². The molecule has 1 N–H and O–H groups in total. The molecule has 2 aromatic rings. The zero-order valence-corrected chi connectivity index (χ0v) is 18.4. The van der Waals surface area contributed by atoms with Crippen molar-refractivity contribution in [2.75, 3.05) is 18.4 Å². The first-order valence-corrected chi connectivity index (χ1v) is 10.7. The number of hydrogen-bond acceptors (Lipinski definition) is 5. The lowest BCUT2D eigenvalue weighted by Gasteiger charge is -2.36. The van der Waals surface area contributed by atoms with Crippen LogP contribution in [0.3, 0.4) is 0 Å².